The molecule has 0 aromatic heterocycles. The first kappa shape index (κ1) is 13.8. The number of carbonyl (C=O) groups excluding carboxylic acids is 1. The lowest BCUT2D eigenvalue weighted by molar-refractivity contribution is -0.134. The summed E-state index contributed by atoms with van der Waals surface area (Å²) in [5.41, 5.74) is 0. The van der Waals surface area contributed by atoms with Crippen molar-refractivity contribution in [2.24, 2.45) is 5.92 Å². The molecule has 1 amide bonds. The van der Waals surface area contributed by atoms with Gasteiger partial charge in [-0.15, -0.1) is 0 Å². The van der Waals surface area contributed by atoms with Crippen molar-refractivity contribution in [3.63, 3.8) is 0 Å². The first-order chi connectivity index (χ1) is 8.60. The van der Waals surface area contributed by atoms with E-state index in [1.807, 2.05) is 13.8 Å². The van der Waals surface area contributed by atoms with Gasteiger partial charge >= 0.3 is 0 Å². The van der Waals surface area contributed by atoms with Crippen molar-refractivity contribution < 1.29 is 14.3 Å². The Bertz CT molecular complexity index is 288. The summed E-state index contributed by atoms with van der Waals surface area (Å²) in [6.45, 7) is 5.66. The molecule has 0 aromatic rings. The molecule has 0 bridgehead atoms. The first-order valence-electron chi connectivity index (χ1n) is 6.79. The number of hydrogen-bond acceptors (Lipinski definition) is 4. The lowest BCUT2D eigenvalue weighted by Gasteiger charge is -2.32. The number of methoxy groups -OCH3 is 1. The van der Waals surface area contributed by atoms with Gasteiger partial charge in [-0.2, -0.15) is 0 Å². The number of nitrogens with one attached hydrogen (secondary N) is 2. The molecule has 2 saturated heterocycles. The van der Waals surface area contributed by atoms with Gasteiger partial charge in [-0.25, -0.2) is 0 Å². The molecule has 2 heterocycles. The lowest BCUT2D eigenvalue weighted by Crippen LogP contribution is -2.48. The van der Waals surface area contributed by atoms with Crippen LogP contribution in [-0.2, 0) is 14.3 Å². The van der Waals surface area contributed by atoms with Crippen LogP contribution < -0.4 is 10.6 Å². The van der Waals surface area contributed by atoms with Crippen LogP contribution in [0.2, 0.25) is 0 Å². The Kier molecular flexibility index (Phi) is 4.59. The van der Waals surface area contributed by atoms with Crippen LogP contribution in [0, 0.1) is 5.92 Å². The van der Waals surface area contributed by atoms with Crippen molar-refractivity contribution in [2.75, 3.05) is 20.2 Å². The molecule has 0 spiro atoms. The third-order valence-electron chi connectivity index (χ3n) is 3.86. The van der Waals surface area contributed by atoms with Gasteiger partial charge in [-0.1, -0.05) is 0 Å². The fourth-order valence-corrected chi connectivity index (χ4v) is 2.97. The minimum absolute atomic E-state index is 0.0712. The van der Waals surface area contributed by atoms with E-state index in [0.29, 0.717) is 0 Å². The number of amides is 1. The maximum Gasteiger partial charge on any atom is 0.223 e. The Morgan fingerprint density at radius 2 is 1.94 bits per heavy atom. The van der Waals surface area contributed by atoms with E-state index < -0.39 is 0 Å². The number of rotatable bonds is 3. The summed E-state index contributed by atoms with van der Waals surface area (Å²) >= 11 is 0. The molecule has 0 radical (unpaired) electrons. The van der Waals surface area contributed by atoms with Gasteiger partial charge in [0.25, 0.3) is 0 Å². The van der Waals surface area contributed by atoms with E-state index in [2.05, 4.69) is 10.6 Å². The van der Waals surface area contributed by atoms with Gasteiger partial charge in [-0.05, 0) is 26.7 Å². The van der Waals surface area contributed by atoms with Crippen LogP contribution in [0.5, 0.6) is 0 Å². The van der Waals surface area contributed by atoms with Crippen LogP contribution >= 0.6 is 0 Å². The second-order valence-electron chi connectivity index (χ2n) is 5.47. The van der Waals surface area contributed by atoms with Gasteiger partial charge in [-0.3, -0.25) is 4.79 Å². The predicted molar refractivity (Wildman–Crippen MR) is 68.3 cm³/mol. The summed E-state index contributed by atoms with van der Waals surface area (Å²) in [5.74, 6) is 0.217. The zero-order valence-corrected chi connectivity index (χ0v) is 11.4. The smallest absolute Gasteiger partial charge is 0.223 e. The van der Waals surface area contributed by atoms with Gasteiger partial charge < -0.3 is 20.1 Å². The fourth-order valence-electron chi connectivity index (χ4n) is 2.97. The topological polar surface area (TPSA) is 59.6 Å². The van der Waals surface area contributed by atoms with E-state index >= 15 is 0 Å². The number of hydrogen-bond donors (Lipinski definition) is 2. The molecule has 2 aliphatic rings. The second-order valence-corrected chi connectivity index (χ2v) is 5.47. The highest BCUT2D eigenvalue weighted by atomic mass is 16.5. The van der Waals surface area contributed by atoms with Crippen LogP contribution in [-0.4, -0.2) is 50.5 Å². The highest BCUT2D eigenvalue weighted by molar-refractivity contribution is 5.79. The molecule has 104 valence electrons. The van der Waals surface area contributed by atoms with Crippen molar-refractivity contribution in [2.45, 2.75) is 51.0 Å². The Balaban J connectivity index is 1.87. The van der Waals surface area contributed by atoms with Gasteiger partial charge in [0.1, 0.15) is 0 Å². The largest absolute Gasteiger partial charge is 0.378 e. The van der Waals surface area contributed by atoms with Gasteiger partial charge in [0, 0.05) is 26.1 Å². The van der Waals surface area contributed by atoms with Crippen molar-refractivity contribution in [3.8, 4) is 0 Å². The molecule has 1 unspecified atom stereocenters. The minimum Gasteiger partial charge on any atom is -0.378 e. The number of carbonyl (C=O) groups is 1. The van der Waals surface area contributed by atoms with E-state index in [1.54, 1.807) is 7.11 Å². The summed E-state index contributed by atoms with van der Waals surface area (Å²) in [5, 5.41) is 6.34. The molecule has 2 fully saturated rings. The summed E-state index contributed by atoms with van der Waals surface area (Å²) in [6, 6.07) is 0.0935. The van der Waals surface area contributed by atoms with E-state index in [0.717, 1.165) is 25.9 Å². The molecule has 0 aromatic carbocycles. The first-order valence-corrected chi connectivity index (χ1v) is 6.79. The molecular formula is C13H24N2O3. The average molecular weight is 256 g/mol. The summed E-state index contributed by atoms with van der Waals surface area (Å²) in [6.07, 6.45) is 2.06. The van der Waals surface area contributed by atoms with Gasteiger partial charge in [0.05, 0.1) is 24.4 Å². The summed E-state index contributed by atoms with van der Waals surface area (Å²) < 4.78 is 11.0. The van der Waals surface area contributed by atoms with E-state index in [4.69, 9.17) is 9.47 Å². The van der Waals surface area contributed by atoms with Gasteiger partial charge in [0.15, 0.2) is 0 Å². The third-order valence-corrected chi connectivity index (χ3v) is 3.86. The molecule has 2 aliphatic heterocycles. The highest BCUT2D eigenvalue weighted by Gasteiger charge is 2.33. The van der Waals surface area contributed by atoms with Crippen LogP contribution in [0.25, 0.3) is 0 Å². The van der Waals surface area contributed by atoms with Crippen LogP contribution in [0.3, 0.4) is 0 Å². The molecule has 5 nitrogen and oxygen atoms in total. The highest BCUT2D eigenvalue weighted by Crippen LogP contribution is 2.25. The molecule has 2 rings (SSSR count). The van der Waals surface area contributed by atoms with E-state index in [-0.39, 0.29) is 36.2 Å². The zero-order valence-electron chi connectivity index (χ0n) is 11.4. The fraction of sp³-hybridized carbons (Fsp3) is 0.923. The third kappa shape index (κ3) is 3.22. The molecule has 18 heavy (non-hydrogen) atoms. The second kappa shape index (κ2) is 5.99. The molecule has 5 heteroatoms. The molecule has 0 aliphatic carbocycles. The minimum atomic E-state index is 0.0712. The summed E-state index contributed by atoms with van der Waals surface area (Å²) in [4.78, 5) is 12.3. The van der Waals surface area contributed by atoms with Crippen LogP contribution in [0.15, 0.2) is 0 Å². The molecular weight excluding hydrogens is 232 g/mol. The Labute approximate surface area is 109 Å². The standard InChI is InChI=1S/C13H24N2O3/c1-8-4-10(5-9(2)18-8)13(16)15-11-6-14-7-12(11)17-3/h8-12,14H,4-7H2,1-3H3,(H,15,16)/t8-,9+,10?,11-,12-/m0/s1. The maximum absolute atomic E-state index is 12.3. The SMILES string of the molecule is CO[C@H]1CNC[C@@H]1NC(=O)C1C[C@@H](C)O[C@@H](C)C1. The summed E-state index contributed by atoms with van der Waals surface area (Å²) in [7, 11) is 1.69. The van der Waals surface area contributed by atoms with Crippen molar-refractivity contribution in [1.29, 1.82) is 0 Å². The quantitative estimate of drug-likeness (QED) is 0.762. The van der Waals surface area contributed by atoms with Crippen LogP contribution in [0.4, 0.5) is 0 Å². The normalized spacial score (nSPS) is 40.7. The van der Waals surface area contributed by atoms with Crippen LogP contribution in [0.1, 0.15) is 26.7 Å². The van der Waals surface area contributed by atoms with Gasteiger partial charge in [0.2, 0.25) is 5.91 Å². The Morgan fingerprint density at radius 1 is 1.28 bits per heavy atom. The monoisotopic (exact) mass is 256 g/mol. The van der Waals surface area contributed by atoms with Crippen molar-refractivity contribution >= 4 is 5.91 Å². The lowest BCUT2D eigenvalue weighted by atomic mass is 9.91. The molecule has 2 N–H and O–H groups in total. The zero-order chi connectivity index (χ0) is 13.1. The van der Waals surface area contributed by atoms with E-state index in [9.17, 15) is 4.79 Å². The van der Waals surface area contributed by atoms with Crippen molar-refractivity contribution in [1.82, 2.24) is 10.6 Å². The van der Waals surface area contributed by atoms with Crippen molar-refractivity contribution in [3.05, 3.63) is 0 Å². The van der Waals surface area contributed by atoms with E-state index in [1.165, 1.54) is 0 Å². The average Bonchev–Trinajstić information content (AvgIpc) is 2.75. The Morgan fingerprint density at radius 3 is 2.56 bits per heavy atom. The maximum atomic E-state index is 12.3. The number of ether oxygens (including phenoxy) is 2. The molecule has 0 saturated carbocycles. The Hall–Kier alpha value is -0.650. The molecule has 5 atom stereocenters. The predicted octanol–water partition coefficient (Wildman–Crippen LogP) is 0.293.